The van der Waals surface area contributed by atoms with E-state index >= 15 is 0 Å². The topological polar surface area (TPSA) is 86.3 Å². The first-order valence-corrected chi connectivity index (χ1v) is 10.1. The van der Waals surface area contributed by atoms with E-state index in [0.717, 1.165) is 45.1 Å². The fourth-order valence-corrected chi connectivity index (χ4v) is 3.97. The van der Waals surface area contributed by atoms with E-state index in [-0.39, 0.29) is 11.8 Å². The monoisotopic (exact) mass is 427 g/mol. The lowest BCUT2D eigenvalue weighted by atomic mass is 9.96. The van der Waals surface area contributed by atoms with Crippen LogP contribution in [0.5, 0.6) is 0 Å². The minimum atomic E-state index is -4.61. The first-order valence-electron chi connectivity index (χ1n) is 10.1. The number of hydrogen-bond donors (Lipinski definition) is 0. The summed E-state index contributed by atoms with van der Waals surface area (Å²) in [5.41, 5.74) is -1.83. The molecule has 164 valence electrons. The Bertz CT molecular complexity index is 899. The van der Waals surface area contributed by atoms with Gasteiger partial charge in [-0.05, 0) is 44.7 Å². The molecule has 0 bridgehead atoms. The first-order chi connectivity index (χ1) is 14.4. The molecule has 11 heteroatoms. The summed E-state index contributed by atoms with van der Waals surface area (Å²) in [6, 6.07) is 0.557. The molecule has 4 rings (SSSR count). The number of piperidine rings is 1. The molecule has 0 unspecified atom stereocenters. The van der Waals surface area contributed by atoms with E-state index in [2.05, 4.69) is 20.0 Å². The summed E-state index contributed by atoms with van der Waals surface area (Å²) in [5.74, 6) is 1.82. The van der Waals surface area contributed by atoms with Crippen molar-refractivity contribution in [3.05, 3.63) is 40.2 Å². The van der Waals surface area contributed by atoms with Gasteiger partial charge in [-0.25, -0.2) is 4.98 Å². The molecule has 0 atom stereocenters. The normalized spacial score (nSPS) is 20.0. The van der Waals surface area contributed by atoms with E-state index in [1.54, 1.807) is 0 Å². The fourth-order valence-electron chi connectivity index (χ4n) is 3.97. The van der Waals surface area contributed by atoms with E-state index in [0.29, 0.717) is 44.1 Å². The number of halogens is 3. The molecule has 0 amide bonds. The third kappa shape index (κ3) is 5.07. The van der Waals surface area contributed by atoms with Crippen LogP contribution in [0.3, 0.4) is 0 Å². The van der Waals surface area contributed by atoms with Gasteiger partial charge in [-0.2, -0.15) is 18.2 Å². The van der Waals surface area contributed by atoms with Crippen LogP contribution in [0.4, 0.5) is 13.2 Å². The minimum absolute atomic E-state index is 0.209. The third-order valence-electron chi connectivity index (χ3n) is 5.75. The SMILES string of the molecule is O=c1cc(C(F)(F)F)ncn1CC1CCN(Cc2noc(C3CCOCC3)n2)CC1. The molecule has 2 aromatic rings. The van der Waals surface area contributed by atoms with E-state index < -0.39 is 17.4 Å². The van der Waals surface area contributed by atoms with E-state index in [1.165, 1.54) is 4.57 Å². The molecular formula is C19H24F3N5O3. The Labute approximate surface area is 171 Å². The molecule has 4 heterocycles. The van der Waals surface area contributed by atoms with Crippen molar-refractivity contribution < 1.29 is 22.4 Å². The van der Waals surface area contributed by atoms with Gasteiger partial charge in [0.2, 0.25) is 5.89 Å². The Morgan fingerprint density at radius 1 is 1.13 bits per heavy atom. The summed E-state index contributed by atoms with van der Waals surface area (Å²) in [6.07, 6.45) is -0.162. The van der Waals surface area contributed by atoms with E-state index in [9.17, 15) is 18.0 Å². The van der Waals surface area contributed by atoms with E-state index in [4.69, 9.17) is 9.26 Å². The number of ether oxygens (including phenoxy) is 1. The molecular weight excluding hydrogens is 403 g/mol. The number of likely N-dealkylation sites (tertiary alicyclic amines) is 1. The van der Waals surface area contributed by atoms with Crippen LogP contribution in [0.15, 0.2) is 21.7 Å². The Morgan fingerprint density at radius 2 is 1.87 bits per heavy atom. The van der Waals surface area contributed by atoms with Gasteiger partial charge in [0, 0.05) is 31.7 Å². The molecule has 0 spiro atoms. The molecule has 8 nitrogen and oxygen atoms in total. The van der Waals surface area contributed by atoms with Crippen molar-refractivity contribution in [2.45, 2.75) is 50.9 Å². The zero-order chi connectivity index (χ0) is 21.1. The molecule has 2 saturated heterocycles. The van der Waals surface area contributed by atoms with Crippen molar-refractivity contribution in [2.75, 3.05) is 26.3 Å². The summed E-state index contributed by atoms with van der Waals surface area (Å²) in [5, 5.41) is 4.10. The molecule has 2 aliphatic heterocycles. The zero-order valence-corrected chi connectivity index (χ0v) is 16.5. The first kappa shape index (κ1) is 21.0. The van der Waals surface area contributed by atoms with Gasteiger partial charge in [-0.1, -0.05) is 5.16 Å². The maximum Gasteiger partial charge on any atom is 0.433 e. The molecule has 2 aromatic heterocycles. The predicted octanol–water partition coefficient (Wildman–Crippen LogP) is 2.45. The fraction of sp³-hybridized carbons (Fsp3) is 0.684. The number of rotatable bonds is 5. The lowest BCUT2D eigenvalue weighted by molar-refractivity contribution is -0.141. The highest BCUT2D eigenvalue weighted by molar-refractivity contribution is 5.03. The Balaban J connectivity index is 1.27. The van der Waals surface area contributed by atoms with Crippen molar-refractivity contribution >= 4 is 0 Å². The molecule has 0 aliphatic carbocycles. The van der Waals surface area contributed by atoms with Crippen LogP contribution in [0.1, 0.15) is 49.0 Å². The number of hydrogen-bond acceptors (Lipinski definition) is 7. The summed E-state index contributed by atoms with van der Waals surface area (Å²) in [6.45, 7) is 4.00. The van der Waals surface area contributed by atoms with Gasteiger partial charge < -0.3 is 9.26 Å². The maximum absolute atomic E-state index is 12.6. The zero-order valence-electron chi connectivity index (χ0n) is 16.5. The second-order valence-corrected chi connectivity index (χ2v) is 7.92. The molecule has 0 aromatic carbocycles. The van der Waals surface area contributed by atoms with Crippen molar-refractivity contribution in [3.63, 3.8) is 0 Å². The van der Waals surface area contributed by atoms with Crippen LogP contribution in [0.2, 0.25) is 0 Å². The second kappa shape index (κ2) is 8.84. The highest BCUT2D eigenvalue weighted by Gasteiger charge is 2.33. The quantitative estimate of drug-likeness (QED) is 0.725. The van der Waals surface area contributed by atoms with Gasteiger partial charge in [-0.15, -0.1) is 0 Å². The molecule has 0 saturated carbocycles. The Kier molecular flexibility index (Phi) is 6.19. The Morgan fingerprint density at radius 3 is 2.53 bits per heavy atom. The van der Waals surface area contributed by atoms with Gasteiger partial charge in [0.15, 0.2) is 11.5 Å². The van der Waals surface area contributed by atoms with Crippen LogP contribution >= 0.6 is 0 Å². The summed E-state index contributed by atoms with van der Waals surface area (Å²) in [7, 11) is 0. The van der Waals surface area contributed by atoms with Crippen LogP contribution in [0, 0.1) is 5.92 Å². The summed E-state index contributed by atoms with van der Waals surface area (Å²) in [4.78, 5) is 22.1. The molecule has 30 heavy (non-hydrogen) atoms. The van der Waals surface area contributed by atoms with Gasteiger partial charge in [0.05, 0.1) is 12.9 Å². The Hall–Kier alpha value is -2.27. The molecule has 2 aliphatic rings. The summed E-state index contributed by atoms with van der Waals surface area (Å²) >= 11 is 0. The van der Waals surface area contributed by atoms with Crippen LogP contribution in [0.25, 0.3) is 0 Å². The largest absolute Gasteiger partial charge is 0.433 e. The molecule has 0 radical (unpaired) electrons. The molecule has 0 N–H and O–H groups in total. The average molecular weight is 427 g/mol. The standard InChI is InChI=1S/C19H24F3N5O3/c20-19(21,22)15-9-17(28)27(12-23-15)10-13-1-5-26(6-2-13)11-16-24-18(30-25-16)14-3-7-29-8-4-14/h9,12-14H,1-8,10-11H2. The number of alkyl halides is 3. The average Bonchev–Trinajstić information content (AvgIpc) is 3.19. The van der Waals surface area contributed by atoms with Crippen LogP contribution in [-0.4, -0.2) is 50.9 Å². The molecule has 2 fully saturated rings. The van der Waals surface area contributed by atoms with E-state index in [1.807, 2.05) is 0 Å². The van der Waals surface area contributed by atoms with Gasteiger partial charge in [-0.3, -0.25) is 14.3 Å². The second-order valence-electron chi connectivity index (χ2n) is 7.92. The highest BCUT2D eigenvalue weighted by Crippen LogP contribution is 2.27. The minimum Gasteiger partial charge on any atom is -0.381 e. The van der Waals surface area contributed by atoms with Crippen LogP contribution < -0.4 is 5.56 Å². The van der Waals surface area contributed by atoms with Crippen molar-refractivity contribution in [2.24, 2.45) is 5.92 Å². The van der Waals surface area contributed by atoms with Gasteiger partial charge in [0.25, 0.3) is 5.56 Å². The smallest absolute Gasteiger partial charge is 0.381 e. The lowest BCUT2D eigenvalue weighted by Crippen LogP contribution is -2.36. The number of nitrogens with zero attached hydrogens (tertiary/aromatic N) is 5. The number of aromatic nitrogens is 4. The summed E-state index contributed by atoms with van der Waals surface area (Å²) < 4.78 is 50.0. The highest BCUT2D eigenvalue weighted by atomic mass is 19.4. The van der Waals surface area contributed by atoms with Crippen molar-refractivity contribution in [3.8, 4) is 0 Å². The maximum atomic E-state index is 12.6. The third-order valence-corrected chi connectivity index (χ3v) is 5.75. The van der Waals surface area contributed by atoms with Gasteiger partial charge >= 0.3 is 6.18 Å². The van der Waals surface area contributed by atoms with Crippen molar-refractivity contribution in [1.29, 1.82) is 0 Å². The van der Waals surface area contributed by atoms with Gasteiger partial charge in [0.1, 0.15) is 0 Å². The lowest BCUT2D eigenvalue weighted by Gasteiger charge is -2.31. The van der Waals surface area contributed by atoms with Crippen molar-refractivity contribution in [1.82, 2.24) is 24.6 Å². The van der Waals surface area contributed by atoms with Crippen LogP contribution in [-0.2, 0) is 24.0 Å². The predicted molar refractivity (Wildman–Crippen MR) is 98.6 cm³/mol.